The van der Waals surface area contributed by atoms with Crippen LogP contribution >= 0.6 is 0 Å². The first-order valence-electron chi connectivity index (χ1n) is 6.45. The minimum Gasteiger partial charge on any atom is -0.317 e. The third-order valence-electron chi connectivity index (χ3n) is 3.11. The summed E-state index contributed by atoms with van der Waals surface area (Å²) in [6, 6.07) is 7.80. The summed E-state index contributed by atoms with van der Waals surface area (Å²) in [5.74, 6) is 0.281. The summed E-state index contributed by atoms with van der Waals surface area (Å²) < 4.78 is 28.2. The van der Waals surface area contributed by atoms with E-state index in [1.54, 1.807) is 30.0 Å². The van der Waals surface area contributed by atoms with Gasteiger partial charge in [-0.25, -0.2) is 4.79 Å². The van der Waals surface area contributed by atoms with Gasteiger partial charge in [-0.2, -0.15) is 8.42 Å². The van der Waals surface area contributed by atoms with Crippen molar-refractivity contribution in [3.8, 4) is 0 Å². The molecule has 0 aromatic heterocycles. The largest absolute Gasteiger partial charge is 0.325 e. The minimum atomic E-state index is -3.77. The van der Waals surface area contributed by atoms with Gasteiger partial charge in [0, 0.05) is 13.1 Å². The zero-order chi connectivity index (χ0) is 14.8. The van der Waals surface area contributed by atoms with Gasteiger partial charge in [-0.05, 0) is 26.0 Å². The zero-order valence-corrected chi connectivity index (χ0v) is 12.3. The third kappa shape index (κ3) is 2.67. The van der Waals surface area contributed by atoms with Gasteiger partial charge in [-0.3, -0.25) is 4.90 Å². The lowest BCUT2D eigenvalue weighted by atomic mass is 10.4. The van der Waals surface area contributed by atoms with E-state index in [4.69, 9.17) is 0 Å². The average molecular weight is 295 g/mol. The smallest absolute Gasteiger partial charge is 0.317 e. The summed E-state index contributed by atoms with van der Waals surface area (Å²) in [7, 11) is -3.77. The third-order valence-corrected chi connectivity index (χ3v) is 4.43. The molecule has 0 saturated carbocycles. The second-order valence-electron chi connectivity index (χ2n) is 4.34. The molecule has 0 atom stereocenters. The van der Waals surface area contributed by atoms with Crippen LogP contribution in [0.1, 0.15) is 13.8 Å². The summed E-state index contributed by atoms with van der Waals surface area (Å²) in [4.78, 5) is 15.1. The van der Waals surface area contributed by atoms with Gasteiger partial charge in [-0.15, -0.1) is 4.40 Å². The Balaban J connectivity index is 2.37. The molecule has 0 aliphatic carbocycles. The van der Waals surface area contributed by atoms with E-state index in [9.17, 15) is 13.2 Å². The van der Waals surface area contributed by atoms with E-state index < -0.39 is 10.0 Å². The second-order valence-corrected chi connectivity index (χ2v) is 5.94. The summed E-state index contributed by atoms with van der Waals surface area (Å²) >= 11 is 0. The molecule has 2 rings (SSSR count). The maximum absolute atomic E-state index is 12.2. The predicted molar refractivity (Wildman–Crippen MR) is 76.1 cm³/mol. The van der Waals surface area contributed by atoms with Gasteiger partial charge in [-0.1, -0.05) is 18.2 Å². The first-order chi connectivity index (χ1) is 9.49. The Labute approximate surface area is 118 Å². The maximum Gasteiger partial charge on any atom is 0.325 e. The molecule has 2 amide bonds. The number of nitrogens with zero attached hydrogens (tertiary/aromatic N) is 3. The van der Waals surface area contributed by atoms with E-state index in [0.717, 1.165) is 0 Å². The number of amidine groups is 1. The Kier molecular flexibility index (Phi) is 4.08. The van der Waals surface area contributed by atoms with Crippen molar-refractivity contribution in [1.29, 1.82) is 0 Å². The summed E-state index contributed by atoms with van der Waals surface area (Å²) in [5.41, 5.74) is 0. The zero-order valence-electron chi connectivity index (χ0n) is 11.5. The van der Waals surface area contributed by atoms with Crippen molar-refractivity contribution in [3.05, 3.63) is 30.3 Å². The molecular weight excluding hydrogens is 278 g/mol. The van der Waals surface area contributed by atoms with Crippen molar-refractivity contribution >= 4 is 21.9 Å². The van der Waals surface area contributed by atoms with E-state index in [-0.39, 0.29) is 23.3 Å². The van der Waals surface area contributed by atoms with Crippen LogP contribution in [0.4, 0.5) is 4.79 Å². The van der Waals surface area contributed by atoms with E-state index >= 15 is 0 Å². The number of rotatable bonds is 4. The highest BCUT2D eigenvalue weighted by atomic mass is 32.2. The fourth-order valence-electron chi connectivity index (χ4n) is 2.03. The van der Waals surface area contributed by atoms with Crippen molar-refractivity contribution in [3.63, 3.8) is 0 Å². The Bertz CT molecular complexity index is 626. The van der Waals surface area contributed by atoms with Crippen LogP contribution in [0.25, 0.3) is 0 Å². The van der Waals surface area contributed by atoms with Crippen LogP contribution in [0.15, 0.2) is 39.6 Å². The Morgan fingerprint density at radius 2 is 1.80 bits per heavy atom. The summed E-state index contributed by atoms with van der Waals surface area (Å²) in [6.45, 7) is 4.80. The van der Waals surface area contributed by atoms with Gasteiger partial charge in [0.1, 0.15) is 5.84 Å². The molecule has 7 heteroatoms. The Morgan fingerprint density at radius 3 is 2.35 bits per heavy atom. The number of amides is 2. The van der Waals surface area contributed by atoms with Gasteiger partial charge in [0.05, 0.1) is 11.4 Å². The fourth-order valence-corrected chi connectivity index (χ4v) is 3.07. The fraction of sp³-hybridized carbons (Fsp3) is 0.385. The van der Waals surface area contributed by atoms with Gasteiger partial charge in [0.2, 0.25) is 0 Å². The van der Waals surface area contributed by atoms with E-state index in [0.29, 0.717) is 13.1 Å². The normalized spacial score (nSPS) is 18.1. The molecule has 20 heavy (non-hydrogen) atoms. The van der Waals surface area contributed by atoms with Gasteiger partial charge >= 0.3 is 6.03 Å². The van der Waals surface area contributed by atoms with Crippen LogP contribution in [0, 0.1) is 0 Å². The Morgan fingerprint density at radius 1 is 1.15 bits per heavy atom. The summed E-state index contributed by atoms with van der Waals surface area (Å²) in [6.07, 6.45) is 0. The SMILES string of the molecule is CCN1C/C(=N\S(=O)(=O)c2ccccc2)N(CC)C1=O. The molecule has 1 aromatic rings. The van der Waals surface area contributed by atoms with E-state index in [2.05, 4.69) is 4.40 Å². The molecule has 6 nitrogen and oxygen atoms in total. The molecule has 1 aromatic carbocycles. The molecule has 1 saturated heterocycles. The molecule has 1 aliphatic rings. The monoisotopic (exact) mass is 295 g/mol. The lowest BCUT2D eigenvalue weighted by Gasteiger charge is -2.14. The van der Waals surface area contributed by atoms with Gasteiger partial charge in [0.25, 0.3) is 10.0 Å². The quantitative estimate of drug-likeness (QED) is 0.846. The van der Waals surface area contributed by atoms with Gasteiger partial charge in [0.15, 0.2) is 0 Å². The predicted octanol–water partition coefficient (Wildman–Crippen LogP) is 1.55. The summed E-state index contributed by atoms with van der Waals surface area (Å²) in [5, 5.41) is 0. The topological polar surface area (TPSA) is 70.1 Å². The lowest BCUT2D eigenvalue weighted by Crippen LogP contribution is -2.33. The average Bonchev–Trinajstić information content (AvgIpc) is 2.74. The minimum absolute atomic E-state index is 0.131. The molecule has 1 fully saturated rings. The van der Waals surface area contributed by atoms with E-state index in [1.807, 2.05) is 6.92 Å². The molecule has 0 spiro atoms. The molecule has 0 N–H and O–H groups in total. The van der Waals surface area contributed by atoms with Crippen LogP contribution < -0.4 is 0 Å². The van der Waals surface area contributed by atoms with Crippen LogP contribution in [-0.2, 0) is 10.0 Å². The molecule has 108 valence electrons. The number of carbonyl (C=O) groups is 1. The maximum atomic E-state index is 12.2. The van der Waals surface area contributed by atoms with Crippen LogP contribution in [0.5, 0.6) is 0 Å². The highest BCUT2D eigenvalue weighted by Crippen LogP contribution is 2.16. The van der Waals surface area contributed by atoms with Crippen LogP contribution in [0.2, 0.25) is 0 Å². The molecule has 0 unspecified atom stereocenters. The molecule has 0 bridgehead atoms. The van der Waals surface area contributed by atoms with Crippen LogP contribution in [0.3, 0.4) is 0 Å². The number of hydrogen-bond acceptors (Lipinski definition) is 3. The number of hydrogen-bond donors (Lipinski definition) is 0. The molecule has 0 radical (unpaired) electrons. The standard InChI is InChI=1S/C13H17N3O3S/c1-3-15-10-12(16(4-2)13(15)17)14-20(18,19)11-8-6-5-7-9-11/h5-9H,3-4,10H2,1-2H3/b14-12+. The van der Waals surface area contributed by atoms with Gasteiger partial charge < -0.3 is 4.90 Å². The number of benzene rings is 1. The first kappa shape index (κ1) is 14.5. The number of urea groups is 1. The highest BCUT2D eigenvalue weighted by Gasteiger charge is 2.33. The Hall–Kier alpha value is -1.89. The first-order valence-corrected chi connectivity index (χ1v) is 7.89. The molecule has 1 aliphatic heterocycles. The van der Waals surface area contributed by atoms with Crippen molar-refractivity contribution < 1.29 is 13.2 Å². The van der Waals surface area contributed by atoms with Crippen molar-refractivity contribution in [2.45, 2.75) is 18.7 Å². The number of likely N-dealkylation sites (N-methyl/N-ethyl adjacent to an activating group) is 2. The van der Waals surface area contributed by atoms with E-state index in [1.165, 1.54) is 17.0 Å². The van der Waals surface area contributed by atoms with Crippen molar-refractivity contribution in [1.82, 2.24) is 9.80 Å². The van der Waals surface area contributed by atoms with Crippen molar-refractivity contribution in [2.24, 2.45) is 4.40 Å². The number of sulfonamides is 1. The second kappa shape index (κ2) is 5.62. The molecular formula is C13H17N3O3S. The van der Waals surface area contributed by atoms with Crippen LogP contribution in [-0.4, -0.2) is 49.7 Å². The lowest BCUT2D eigenvalue weighted by molar-refractivity contribution is 0.199. The highest BCUT2D eigenvalue weighted by molar-refractivity contribution is 7.90. The number of carbonyl (C=O) groups excluding carboxylic acids is 1. The van der Waals surface area contributed by atoms with Crippen molar-refractivity contribution in [2.75, 3.05) is 19.6 Å². The molecule has 1 heterocycles.